The van der Waals surface area contributed by atoms with E-state index >= 15 is 0 Å². The number of benzene rings is 1. The summed E-state index contributed by atoms with van der Waals surface area (Å²) in [5.41, 5.74) is 0.0904. The van der Waals surface area contributed by atoms with Gasteiger partial charge in [-0.3, -0.25) is 9.59 Å². The van der Waals surface area contributed by atoms with Crippen molar-refractivity contribution in [3.8, 4) is 5.75 Å². The lowest BCUT2D eigenvalue weighted by Crippen LogP contribution is -2.08. The van der Waals surface area contributed by atoms with Crippen LogP contribution < -0.4 is 4.74 Å². The van der Waals surface area contributed by atoms with E-state index in [1.807, 2.05) is 0 Å². The van der Waals surface area contributed by atoms with Gasteiger partial charge in [-0.25, -0.2) is 0 Å². The van der Waals surface area contributed by atoms with Gasteiger partial charge < -0.3 is 9.47 Å². The van der Waals surface area contributed by atoms with Crippen molar-refractivity contribution in [1.82, 2.24) is 0 Å². The largest absolute Gasteiger partial charge is 0.469 e. The van der Waals surface area contributed by atoms with Crippen molar-refractivity contribution in [3.63, 3.8) is 0 Å². The Morgan fingerprint density at radius 3 is 2.53 bits per heavy atom. The van der Waals surface area contributed by atoms with E-state index in [0.29, 0.717) is 6.42 Å². The molecule has 0 radical (unpaired) electrons. The molecule has 0 saturated heterocycles. The van der Waals surface area contributed by atoms with Crippen LogP contribution in [0.1, 0.15) is 29.6 Å². The maximum atomic E-state index is 12.2. The number of esters is 1. The SMILES string of the molecule is COC(=O)CCCC(=O)c1ccccc1OC(F)F. The van der Waals surface area contributed by atoms with Crippen LogP contribution in [0, 0.1) is 0 Å². The van der Waals surface area contributed by atoms with Crippen molar-refractivity contribution < 1.29 is 27.8 Å². The zero-order valence-corrected chi connectivity index (χ0v) is 10.4. The van der Waals surface area contributed by atoms with Crippen LogP contribution in [0.3, 0.4) is 0 Å². The van der Waals surface area contributed by atoms with Gasteiger partial charge in [-0.2, -0.15) is 8.78 Å². The average Bonchev–Trinajstić information content (AvgIpc) is 2.38. The van der Waals surface area contributed by atoms with Gasteiger partial charge in [-0.15, -0.1) is 0 Å². The van der Waals surface area contributed by atoms with Gasteiger partial charge >= 0.3 is 12.6 Å². The Morgan fingerprint density at radius 2 is 1.89 bits per heavy atom. The molecule has 0 aliphatic carbocycles. The second-order valence-corrected chi connectivity index (χ2v) is 3.73. The number of hydrogen-bond acceptors (Lipinski definition) is 4. The number of Topliss-reactive ketones (excluding diaryl/α,β-unsaturated/α-hetero) is 1. The summed E-state index contributed by atoms with van der Waals surface area (Å²) >= 11 is 0. The third-order valence-corrected chi connectivity index (χ3v) is 2.42. The maximum Gasteiger partial charge on any atom is 0.387 e. The normalized spacial score (nSPS) is 10.3. The Kier molecular flexibility index (Phi) is 5.92. The second kappa shape index (κ2) is 7.45. The molecular weight excluding hydrogens is 258 g/mol. The number of rotatable bonds is 7. The minimum Gasteiger partial charge on any atom is -0.469 e. The third-order valence-electron chi connectivity index (χ3n) is 2.42. The number of methoxy groups -OCH3 is 1. The fraction of sp³-hybridized carbons (Fsp3) is 0.385. The first-order valence-corrected chi connectivity index (χ1v) is 5.68. The van der Waals surface area contributed by atoms with Crippen LogP contribution in [0.25, 0.3) is 0 Å². The predicted molar refractivity (Wildman–Crippen MR) is 63.3 cm³/mol. The van der Waals surface area contributed by atoms with E-state index in [4.69, 9.17) is 0 Å². The van der Waals surface area contributed by atoms with E-state index in [1.165, 1.54) is 25.3 Å². The van der Waals surface area contributed by atoms with Crippen LogP contribution in [0.5, 0.6) is 5.75 Å². The minimum absolute atomic E-state index is 0.0682. The molecule has 0 N–H and O–H groups in total. The molecule has 0 aliphatic rings. The highest BCUT2D eigenvalue weighted by Crippen LogP contribution is 2.22. The topological polar surface area (TPSA) is 52.6 Å². The molecule has 0 fully saturated rings. The molecule has 104 valence electrons. The van der Waals surface area contributed by atoms with Crippen molar-refractivity contribution in [1.29, 1.82) is 0 Å². The summed E-state index contributed by atoms with van der Waals surface area (Å²) in [4.78, 5) is 22.7. The molecule has 0 heterocycles. The molecule has 0 spiro atoms. The monoisotopic (exact) mass is 272 g/mol. The predicted octanol–water partition coefficient (Wildman–Crippen LogP) is 2.81. The summed E-state index contributed by atoms with van der Waals surface area (Å²) in [6, 6.07) is 5.78. The lowest BCUT2D eigenvalue weighted by molar-refractivity contribution is -0.140. The quantitative estimate of drug-likeness (QED) is 0.565. The van der Waals surface area contributed by atoms with Crippen molar-refractivity contribution in [2.75, 3.05) is 7.11 Å². The Morgan fingerprint density at radius 1 is 1.21 bits per heavy atom. The van der Waals surface area contributed by atoms with E-state index in [1.54, 1.807) is 6.07 Å². The van der Waals surface area contributed by atoms with Crippen LogP contribution in [0.15, 0.2) is 24.3 Å². The minimum atomic E-state index is -2.98. The van der Waals surface area contributed by atoms with Gasteiger partial charge in [0, 0.05) is 12.8 Å². The molecule has 4 nitrogen and oxygen atoms in total. The lowest BCUT2D eigenvalue weighted by Gasteiger charge is -2.09. The Bertz CT molecular complexity index is 446. The summed E-state index contributed by atoms with van der Waals surface area (Å²) < 4.78 is 33.1. The van der Waals surface area contributed by atoms with Crippen molar-refractivity contribution in [2.45, 2.75) is 25.9 Å². The molecule has 0 unspecified atom stereocenters. The number of carbonyl (C=O) groups excluding carboxylic acids is 2. The zero-order chi connectivity index (χ0) is 14.3. The van der Waals surface area contributed by atoms with Crippen LogP contribution in [0.2, 0.25) is 0 Å². The first-order chi connectivity index (χ1) is 9.04. The van der Waals surface area contributed by atoms with E-state index in [0.717, 1.165) is 0 Å². The fourth-order valence-corrected chi connectivity index (χ4v) is 1.53. The Labute approximate surface area is 109 Å². The Balaban J connectivity index is 2.63. The number of alkyl halides is 2. The summed E-state index contributed by atoms with van der Waals surface area (Å²) in [5.74, 6) is -0.911. The molecule has 19 heavy (non-hydrogen) atoms. The molecule has 0 aliphatic heterocycles. The molecule has 0 aromatic heterocycles. The van der Waals surface area contributed by atoms with E-state index in [-0.39, 0.29) is 29.9 Å². The van der Waals surface area contributed by atoms with E-state index in [9.17, 15) is 18.4 Å². The molecule has 1 aromatic carbocycles. The molecular formula is C13H14F2O4. The zero-order valence-electron chi connectivity index (χ0n) is 10.4. The highest BCUT2D eigenvalue weighted by atomic mass is 19.3. The van der Waals surface area contributed by atoms with Gasteiger partial charge in [-0.1, -0.05) is 12.1 Å². The molecule has 0 bridgehead atoms. The second-order valence-electron chi connectivity index (χ2n) is 3.73. The molecule has 6 heteroatoms. The van der Waals surface area contributed by atoms with Crippen molar-refractivity contribution >= 4 is 11.8 Å². The first kappa shape index (κ1) is 15.1. The number of hydrogen-bond donors (Lipinski definition) is 0. The van der Waals surface area contributed by atoms with Crippen molar-refractivity contribution in [2.24, 2.45) is 0 Å². The molecule has 1 aromatic rings. The third kappa shape index (κ3) is 5.03. The molecule has 0 atom stereocenters. The van der Waals surface area contributed by atoms with Crippen molar-refractivity contribution in [3.05, 3.63) is 29.8 Å². The summed E-state index contributed by atoms with van der Waals surface area (Å²) in [6.07, 6.45) is 0.480. The van der Waals surface area contributed by atoms with E-state index in [2.05, 4.69) is 9.47 Å². The van der Waals surface area contributed by atoms with Gasteiger partial charge in [0.2, 0.25) is 0 Å². The highest BCUT2D eigenvalue weighted by Gasteiger charge is 2.15. The smallest absolute Gasteiger partial charge is 0.387 e. The standard InChI is InChI=1S/C13H14F2O4/c1-18-12(17)8-4-6-10(16)9-5-2-3-7-11(9)19-13(14)15/h2-3,5,7,13H,4,6,8H2,1H3. The van der Waals surface area contributed by atoms with Gasteiger partial charge in [0.15, 0.2) is 5.78 Å². The van der Waals surface area contributed by atoms with Crippen LogP contribution in [-0.2, 0) is 9.53 Å². The van der Waals surface area contributed by atoms with Gasteiger partial charge in [-0.05, 0) is 18.6 Å². The maximum absolute atomic E-state index is 12.2. The molecule has 0 saturated carbocycles. The summed E-state index contributed by atoms with van der Waals surface area (Å²) in [5, 5.41) is 0. The summed E-state index contributed by atoms with van der Waals surface area (Å²) in [6.45, 7) is -2.98. The average molecular weight is 272 g/mol. The van der Waals surface area contributed by atoms with Gasteiger partial charge in [0.25, 0.3) is 0 Å². The number of ketones is 1. The summed E-state index contributed by atoms with van der Waals surface area (Å²) in [7, 11) is 1.26. The van der Waals surface area contributed by atoms with E-state index < -0.39 is 12.6 Å². The van der Waals surface area contributed by atoms with Gasteiger partial charge in [0.05, 0.1) is 12.7 Å². The number of para-hydroxylation sites is 1. The fourth-order valence-electron chi connectivity index (χ4n) is 1.53. The van der Waals surface area contributed by atoms with Crippen LogP contribution in [-0.4, -0.2) is 25.5 Å². The highest BCUT2D eigenvalue weighted by molar-refractivity contribution is 5.98. The number of carbonyl (C=O) groups is 2. The molecule has 0 amide bonds. The number of halogens is 2. The van der Waals surface area contributed by atoms with Crippen LogP contribution >= 0.6 is 0 Å². The molecule has 1 rings (SSSR count). The first-order valence-electron chi connectivity index (χ1n) is 5.68. The lowest BCUT2D eigenvalue weighted by atomic mass is 10.0. The Hall–Kier alpha value is -1.98. The van der Waals surface area contributed by atoms with Gasteiger partial charge in [0.1, 0.15) is 5.75 Å². The van der Waals surface area contributed by atoms with Crippen LogP contribution in [0.4, 0.5) is 8.78 Å². The number of ether oxygens (including phenoxy) is 2.